The minimum atomic E-state index is 0.444. The summed E-state index contributed by atoms with van der Waals surface area (Å²) in [6.45, 7) is 0.521. The largest absolute Gasteiger partial charge is 0.497 e. The van der Waals surface area contributed by atoms with Crippen LogP contribution in [0.15, 0.2) is 67.1 Å². The van der Waals surface area contributed by atoms with Crippen molar-refractivity contribution >= 4 is 5.95 Å². The quantitative estimate of drug-likeness (QED) is 0.519. The first kappa shape index (κ1) is 18.4. The summed E-state index contributed by atoms with van der Waals surface area (Å²) in [4.78, 5) is 4.54. The van der Waals surface area contributed by atoms with E-state index in [9.17, 15) is 0 Å². The highest BCUT2D eigenvalue weighted by Crippen LogP contribution is 2.22. The topological polar surface area (TPSA) is 87.0 Å². The molecular weight excluding hydrogens is 368 g/mol. The van der Waals surface area contributed by atoms with Crippen LogP contribution in [0.4, 0.5) is 5.95 Å². The van der Waals surface area contributed by atoms with E-state index in [1.807, 2.05) is 54.7 Å². The summed E-state index contributed by atoms with van der Waals surface area (Å²) in [5.41, 5.74) is 3.54. The van der Waals surface area contributed by atoms with Crippen LogP contribution in [0.1, 0.15) is 5.56 Å². The second kappa shape index (κ2) is 8.39. The Bertz CT molecular complexity index is 1110. The summed E-state index contributed by atoms with van der Waals surface area (Å²) in [6, 6.07) is 15.4. The minimum Gasteiger partial charge on any atom is -0.497 e. The predicted molar refractivity (Wildman–Crippen MR) is 109 cm³/mol. The number of ether oxygens (including phenoxy) is 2. The molecule has 0 aliphatic rings. The highest BCUT2D eigenvalue weighted by Gasteiger charge is 2.06. The predicted octanol–water partition coefficient (Wildman–Crippen LogP) is 3.35. The smallest absolute Gasteiger partial charge is 0.243 e. The van der Waals surface area contributed by atoms with Gasteiger partial charge in [0, 0.05) is 29.9 Å². The van der Waals surface area contributed by atoms with E-state index in [4.69, 9.17) is 9.47 Å². The van der Waals surface area contributed by atoms with Crippen molar-refractivity contribution in [3.05, 3.63) is 72.7 Å². The SMILES string of the molecule is COc1cccc(-c2cnnc(NCc3cnn(-c4cccc(OC)c4)c3)n2)c1. The molecular formula is C21H20N6O2. The standard InChI is InChI=1S/C21H20N6O2/c1-28-18-7-3-5-16(9-18)20-13-23-26-21(25-20)22-11-15-12-24-27(14-15)17-6-4-8-19(10-17)29-2/h3-10,12-14H,11H2,1-2H3,(H,22,25,26). The normalized spacial score (nSPS) is 10.6. The molecule has 0 fully saturated rings. The first-order valence-electron chi connectivity index (χ1n) is 9.01. The lowest BCUT2D eigenvalue weighted by atomic mass is 10.1. The lowest BCUT2D eigenvalue weighted by Crippen LogP contribution is -2.05. The number of methoxy groups -OCH3 is 2. The third-order valence-corrected chi connectivity index (χ3v) is 4.33. The maximum absolute atomic E-state index is 5.27. The van der Waals surface area contributed by atoms with Crippen LogP contribution in [0.25, 0.3) is 16.9 Å². The van der Waals surface area contributed by atoms with Crippen molar-refractivity contribution in [2.24, 2.45) is 0 Å². The van der Waals surface area contributed by atoms with Gasteiger partial charge in [0.15, 0.2) is 0 Å². The van der Waals surface area contributed by atoms with E-state index in [1.165, 1.54) is 0 Å². The molecule has 0 aliphatic heterocycles. The zero-order valence-corrected chi connectivity index (χ0v) is 16.1. The van der Waals surface area contributed by atoms with Gasteiger partial charge in [-0.1, -0.05) is 18.2 Å². The zero-order chi connectivity index (χ0) is 20.1. The molecule has 0 amide bonds. The van der Waals surface area contributed by atoms with Crippen molar-refractivity contribution in [2.45, 2.75) is 6.54 Å². The van der Waals surface area contributed by atoms with E-state index < -0.39 is 0 Å². The van der Waals surface area contributed by atoms with Gasteiger partial charge >= 0.3 is 0 Å². The van der Waals surface area contributed by atoms with Crippen molar-refractivity contribution < 1.29 is 9.47 Å². The first-order valence-corrected chi connectivity index (χ1v) is 9.01. The second-order valence-electron chi connectivity index (χ2n) is 6.25. The third-order valence-electron chi connectivity index (χ3n) is 4.33. The molecule has 4 rings (SSSR count). The van der Waals surface area contributed by atoms with Crippen molar-refractivity contribution in [1.29, 1.82) is 0 Å². The van der Waals surface area contributed by atoms with Crippen molar-refractivity contribution in [3.8, 4) is 28.4 Å². The Labute approximate surface area is 168 Å². The molecule has 0 atom stereocenters. The summed E-state index contributed by atoms with van der Waals surface area (Å²) >= 11 is 0. The monoisotopic (exact) mass is 388 g/mol. The van der Waals surface area contributed by atoms with Crippen LogP contribution >= 0.6 is 0 Å². The van der Waals surface area contributed by atoms with E-state index in [-0.39, 0.29) is 0 Å². The molecule has 8 nitrogen and oxygen atoms in total. The average molecular weight is 388 g/mol. The van der Waals surface area contributed by atoms with Gasteiger partial charge < -0.3 is 14.8 Å². The maximum Gasteiger partial charge on any atom is 0.243 e. The molecule has 0 bridgehead atoms. The van der Waals surface area contributed by atoms with Crippen LogP contribution in [0.3, 0.4) is 0 Å². The lowest BCUT2D eigenvalue weighted by molar-refractivity contribution is 0.414. The number of hydrogen-bond donors (Lipinski definition) is 1. The zero-order valence-electron chi connectivity index (χ0n) is 16.1. The summed E-state index contributed by atoms with van der Waals surface area (Å²) in [5, 5.41) is 15.7. The van der Waals surface area contributed by atoms with E-state index in [1.54, 1.807) is 31.3 Å². The van der Waals surface area contributed by atoms with Gasteiger partial charge in [0.05, 0.1) is 38.0 Å². The molecule has 0 saturated heterocycles. The van der Waals surface area contributed by atoms with Crippen LogP contribution in [0, 0.1) is 0 Å². The van der Waals surface area contributed by atoms with Gasteiger partial charge in [0.1, 0.15) is 11.5 Å². The summed E-state index contributed by atoms with van der Waals surface area (Å²) in [5.74, 6) is 1.99. The Balaban J connectivity index is 1.46. The average Bonchev–Trinajstić information content (AvgIpc) is 3.27. The van der Waals surface area contributed by atoms with E-state index in [0.29, 0.717) is 18.2 Å². The Morgan fingerprint density at radius 1 is 0.966 bits per heavy atom. The molecule has 2 aromatic carbocycles. The number of benzene rings is 2. The van der Waals surface area contributed by atoms with Gasteiger partial charge in [0.25, 0.3) is 0 Å². The van der Waals surface area contributed by atoms with Gasteiger partial charge in [-0.15, -0.1) is 5.10 Å². The van der Waals surface area contributed by atoms with E-state index in [2.05, 4.69) is 25.6 Å². The summed E-state index contributed by atoms with van der Waals surface area (Å²) in [7, 11) is 3.28. The molecule has 2 heterocycles. The molecule has 146 valence electrons. The number of hydrogen-bond acceptors (Lipinski definition) is 7. The molecule has 8 heteroatoms. The second-order valence-corrected chi connectivity index (χ2v) is 6.25. The number of aromatic nitrogens is 5. The molecule has 0 unspecified atom stereocenters. The molecule has 0 saturated carbocycles. The van der Waals surface area contributed by atoms with Gasteiger partial charge in [-0.3, -0.25) is 0 Å². The van der Waals surface area contributed by atoms with Gasteiger partial charge in [0.2, 0.25) is 5.95 Å². The fraction of sp³-hybridized carbons (Fsp3) is 0.143. The number of rotatable bonds is 7. The van der Waals surface area contributed by atoms with Crippen LogP contribution in [-0.2, 0) is 6.54 Å². The molecule has 0 spiro atoms. The van der Waals surface area contributed by atoms with Gasteiger partial charge in [-0.05, 0) is 24.3 Å². The van der Waals surface area contributed by atoms with Crippen LogP contribution in [0.2, 0.25) is 0 Å². The van der Waals surface area contributed by atoms with Gasteiger partial charge in [-0.25, -0.2) is 9.67 Å². The first-order chi connectivity index (χ1) is 14.2. The Kier molecular flexibility index (Phi) is 5.33. The Morgan fingerprint density at radius 3 is 2.59 bits per heavy atom. The van der Waals surface area contributed by atoms with Crippen molar-refractivity contribution in [2.75, 3.05) is 19.5 Å². The summed E-state index contributed by atoms with van der Waals surface area (Å²) < 4.78 is 12.3. The number of nitrogens with one attached hydrogen (secondary N) is 1. The van der Waals surface area contributed by atoms with Crippen molar-refractivity contribution in [1.82, 2.24) is 25.0 Å². The highest BCUT2D eigenvalue weighted by molar-refractivity contribution is 5.61. The fourth-order valence-electron chi connectivity index (χ4n) is 2.83. The molecule has 0 aliphatic carbocycles. The molecule has 0 radical (unpaired) electrons. The number of anilines is 1. The van der Waals surface area contributed by atoms with Crippen LogP contribution in [-0.4, -0.2) is 39.2 Å². The molecule has 2 aromatic heterocycles. The molecule has 4 aromatic rings. The highest BCUT2D eigenvalue weighted by atomic mass is 16.5. The van der Waals surface area contributed by atoms with Gasteiger partial charge in [-0.2, -0.15) is 10.2 Å². The number of nitrogens with zero attached hydrogens (tertiary/aromatic N) is 5. The maximum atomic E-state index is 5.27. The third kappa shape index (κ3) is 4.32. The molecule has 1 N–H and O–H groups in total. The Hall–Kier alpha value is -3.94. The Morgan fingerprint density at radius 2 is 1.76 bits per heavy atom. The van der Waals surface area contributed by atoms with Crippen LogP contribution in [0.5, 0.6) is 11.5 Å². The molecule has 29 heavy (non-hydrogen) atoms. The minimum absolute atomic E-state index is 0.444. The van der Waals surface area contributed by atoms with E-state index >= 15 is 0 Å². The fourth-order valence-corrected chi connectivity index (χ4v) is 2.83. The van der Waals surface area contributed by atoms with E-state index in [0.717, 1.165) is 28.3 Å². The van der Waals surface area contributed by atoms with Crippen molar-refractivity contribution in [3.63, 3.8) is 0 Å². The van der Waals surface area contributed by atoms with Crippen LogP contribution < -0.4 is 14.8 Å². The lowest BCUT2D eigenvalue weighted by Gasteiger charge is -2.06. The summed E-state index contributed by atoms with van der Waals surface area (Å²) in [6.07, 6.45) is 5.37.